The fraction of sp³-hybridized carbons (Fsp3) is 1.00. The zero-order valence-corrected chi connectivity index (χ0v) is 12.4. The molecule has 1 aliphatic heterocycles. The van der Waals surface area contributed by atoms with Crippen LogP contribution in [-0.2, 0) is 0 Å². The zero-order valence-electron chi connectivity index (χ0n) is 12.4. The van der Waals surface area contributed by atoms with Crippen LogP contribution >= 0.6 is 0 Å². The summed E-state index contributed by atoms with van der Waals surface area (Å²) in [5.74, 6) is 0.847. The Morgan fingerprint density at radius 1 is 1.24 bits per heavy atom. The average molecular weight is 240 g/mol. The predicted molar refractivity (Wildman–Crippen MR) is 76.4 cm³/mol. The zero-order chi connectivity index (χ0) is 12.7. The summed E-state index contributed by atoms with van der Waals surface area (Å²) >= 11 is 0. The van der Waals surface area contributed by atoms with Gasteiger partial charge in [0, 0.05) is 19.6 Å². The van der Waals surface area contributed by atoms with Gasteiger partial charge in [0.15, 0.2) is 0 Å². The fourth-order valence-corrected chi connectivity index (χ4v) is 2.73. The molecule has 0 aromatic heterocycles. The van der Waals surface area contributed by atoms with Gasteiger partial charge < -0.3 is 10.2 Å². The molecule has 1 heterocycles. The lowest BCUT2D eigenvalue weighted by Gasteiger charge is -2.38. The first-order valence-electron chi connectivity index (χ1n) is 7.43. The van der Waals surface area contributed by atoms with Crippen molar-refractivity contribution in [3.8, 4) is 0 Å². The molecule has 1 aliphatic rings. The molecule has 2 heteroatoms. The summed E-state index contributed by atoms with van der Waals surface area (Å²) in [5.41, 5.74) is 0.538. The van der Waals surface area contributed by atoms with Gasteiger partial charge >= 0.3 is 0 Å². The van der Waals surface area contributed by atoms with Gasteiger partial charge in [0.2, 0.25) is 0 Å². The van der Waals surface area contributed by atoms with Gasteiger partial charge in [-0.15, -0.1) is 0 Å². The van der Waals surface area contributed by atoms with E-state index in [0.29, 0.717) is 5.41 Å². The highest BCUT2D eigenvalue weighted by atomic mass is 15.1. The monoisotopic (exact) mass is 240 g/mol. The van der Waals surface area contributed by atoms with Gasteiger partial charge in [-0.1, -0.05) is 27.7 Å². The molecule has 0 aromatic rings. The topological polar surface area (TPSA) is 15.3 Å². The van der Waals surface area contributed by atoms with Crippen molar-refractivity contribution in [1.82, 2.24) is 10.2 Å². The van der Waals surface area contributed by atoms with Gasteiger partial charge in [0.05, 0.1) is 0 Å². The minimum Gasteiger partial charge on any atom is -0.315 e. The van der Waals surface area contributed by atoms with Crippen molar-refractivity contribution in [2.24, 2.45) is 11.3 Å². The maximum atomic E-state index is 3.57. The first-order chi connectivity index (χ1) is 7.99. The minimum absolute atomic E-state index is 0.538. The van der Waals surface area contributed by atoms with Gasteiger partial charge in [0.1, 0.15) is 0 Å². The van der Waals surface area contributed by atoms with Crippen molar-refractivity contribution in [2.75, 3.05) is 32.7 Å². The third kappa shape index (κ3) is 7.05. The second kappa shape index (κ2) is 7.38. The van der Waals surface area contributed by atoms with Crippen LogP contribution in [0.3, 0.4) is 0 Å². The maximum Gasteiger partial charge on any atom is 0.0107 e. The smallest absolute Gasteiger partial charge is 0.0107 e. The molecule has 0 bridgehead atoms. The van der Waals surface area contributed by atoms with Gasteiger partial charge in [0.25, 0.3) is 0 Å². The lowest BCUT2D eigenvalue weighted by atomic mass is 9.84. The first kappa shape index (κ1) is 15.0. The molecule has 0 aromatic carbocycles. The fourth-order valence-electron chi connectivity index (χ4n) is 2.73. The number of rotatable bonds is 7. The Labute approximate surface area is 108 Å². The molecule has 0 atom stereocenters. The highest BCUT2D eigenvalue weighted by molar-refractivity contribution is 4.79. The number of piperidine rings is 1. The van der Waals surface area contributed by atoms with Crippen LogP contribution in [0.1, 0.15) is 53.4 Å². The van der Waals surface area contributed by atoms with Crippen molar-refractivity contribution in [3.05, 3.63) is 0 Å². The molecule has 17 heavy (non-hydrogen) atoms. The van der Waals surface area contributed by atoms with Crippen LogP contribution in [0.5, 0.6) is 0 Å². The third-order valence-electron chi connectivity index (χ3n) is 3.72. The van der Waals surface area contributed by atoms with Gasteiger partial charge in [-0.05, 0) is 50.1 Å². The summed E-state index contributed by atoms with van der Waals surface area (Å²) in [6.45, 7) is 15.6. The van der Waals surface area contributed by atoms with E-state index in [1.54, 1.807) is 0 Å². The number of hydrogen-bond acceptors (Lipinski definition) is 2. The largest absolute Gasteiger partial charge is 0.315 e. The lowest BCUT2D eigenvalue weighted by molar-refractivity contribution is 0.118. The van der Waals surface area contributed by atoms with E-state index in [1.807, 2.05) is 0 Å². The summed E-state index contributed by atoms with van der Waals surface area (Å²) in [7, 11) is 0. The van der Waals surface area contributed by atoms with Crippen LogP contribution in [0.2, 0.25) is 0 Å². The summed E-state index contributed by atoms with van der Waals surface area (Å²) in [6, 6.07) is 0. The summed E-state index contributed by atoms with van der Waals surface area (Å²) in [4.78, 5) is 2.62. The van der Waals surface area contributed by atoms with Gasteiger partial charge in [-0.2, -0.15) is 0 Å². The SMILES string of the molecule is CC(C)CCCNCCN1CCCC(C)(C)C1. The molecule has 1 fully saturated rings. The summed E-state index contributed by atoms with van der Waals surface area (Å²) in [6.07, 6.45) is 5.44. The highest BCUT2D eigenvalue weighted by Gasteiger charge is 2.25. The third-order valence-corrected chi connectivity index (χ3v) is 3.72. The molecular weight excluding hydrogens is 208 g/mol. The molecule has 0 aliphatic carbocycles. The average Bonchev–Trinajstić information content (AvgIpc) is 2.21. The summed E-state index contributed by atoms with van der Waals surface area (Å²) in [5, 5.41) is 3.57. The molecular formula is C15H32N2. The van der Waals surface area contributed by atoms with E-state index < -0.39 is 0 Å². The second-order valence-electron chi connectivity index (χ2n) is 6.83. The Hall–Kier alpha value is -0.0800. The molecule has 0 amide bonds. The molecule has 2 nitrogen and oxygen atoms in total. The Bertz CT molecular complexity index is 199. The Morgan fingerprint density at radius 2 is 2.00 bits per heavy atom. The van der Waals surface area contributed by atoms with E-state index in [0.717, 1.165) is 12.5 Å². The van der Waals surface area contributed by atoms with Gasteiger partial charge in [-0.25, -0.2) is 0 Å². The van der Waals surface area contributed by atoms with E-state index in [1.165, 1.54) is 51.9 Å². The van der Waals surface area contributed by atoms with E-state index in [4.69, 9.17) is 0 Å². The standard InChI is InChI=1S/C15H32N2/c1-14(2)7-5-9-16-10-12-17-11-6-8-15(3,4)13-17/h14,16H,5-13H2,1-4H3. The predicted octanol–water partition coefficient (Wildman–Crippen LogP) is 3.13. The quantitative estimate of drug-likeness (QED) is 0.688. The molecule has 0 saturated carbocycles. The molecule has 1 rings (SSSR count). The molecule has 102 valence electrons. The highest BCUT2D eigenvalue weighted by Crippen LogP contribution is 2.27. The van der Waals surface area contributed by atoms with Crippen LogP contribution in [0.15, 0.2) is 0 Å². The molecule has 0 spiro atoms. The van der Waals surface area contributed by atoms with Gasteiger partial charge in [-0.3, -0.25) is 0 Å². The first-order valence-corrected chi connectivity index (χ1v) is 7.43. The van der Waals surface area contributed by atoms with E-state index in [2.05, 4.69) is 37.9 Å². The number of nitrogens with one attached hydrogen (secondary N) is 1. The molecule has 1 saturated heterocycles. The number of likely N-dealkylation sites (tertiary alicyclic amines) is 1. The normalized spacial score (nSPS) is 21.0. The Balaban J connectivity index is 1.99. The van der Waals surface area contributed by atoms with E-state index >= 15 is 0 Å². The van der Waals surface area contributed by atoms with Crippen LogP contribution in [0, 0.1) is 11.3 Å². The summed E-state index contributed by atoms with van der Waals surface area (Å²) < 4.78 is 0. The molecule has 0 unspecified atom stereocenters. The second-order valence-corrected chi connectivity index (χ2v) is 6.83. The number of nitrogens with zero attached hydrogens (tertiary/aromatic N) is 1. The molecule has 0 radical (unpaired) electrons. The van der Waals surface area contributed by atoms with Crippen molar-refractivity contribution >= 4 is 0 Å². The van der Waals surface area contributed by atoms with Crippen LogP contribution in [0.25, 0.3) is 0 Å². The van der Waals surface area contributed by atoms with E-state index in [-0.39, 0.29) is 0 Å². The van der Waals surface area contributed by atoms with Crippen LogP contribution in [-0.4, -0.2) is 37.6 Å². The van der Waals surface area contributed by atoms with Crippen LogP contribution < -0.4 is 5.32 Å². The van der Waals surface area contributed by atoms with Crippen molar-refractivity contribution in [3.63, 3.8) is 0 Å². The minimum atomic E-state index is 0.538. The van der Waals surface area contributed by atoms with Crippen molar-refractivity contribution in [2.45, 2.75) is 53.4 Å². The van der Waals surface area contributed by atoms with Crippen LogP contribution in [0.4, 0.5) is 0 Å². The van der Waals surface area contributed by atoms with E-state index in [9.17, 15) is 0 Å². The maximum absolute atomic E-state index is 3.57. The van der Waals surface area contributed by atoms with Crippen molar-refractivity contribution < 1.29 is 0 Å². The number of hydrogen-bond donors (Lipinski definition) is 1. The Morgan fingerprint density at radius 3 is 2.65 bits per heavy atom. The molecule has 1 N–H and O–H groups in total. The Kier molecular flexibility index (Phi) is 6.50. The van der Waals surface area contributed by atoms with Crippen molar-refractivity contribution in [1.29, 1.82) is 0 Å². The lowest BCUT2D eigenvalue weighted by Crippen LogP contribution is -2.43.